The molecule has 1 fully saturated rings. The average molecular weight is 438 g/mol. The van der Waals surface area contributed by atoms with E-state index < -0.39 is 0 Å². The fraction of sp³-hybridized carbons (Fsp3) is 0.273. The quantitative estimate of drug-likeness (QED) is 0.455. The number of ether oxygens (including phenoxy) is 1. The first-order chi connectivity index (χ1) is 15.1. The molecule has 3 heterocycles. The summed E-state index contributed by atoms with van der Waals surface area (Å²) < 4.78 is 7.11. The highest BCUT2D eigenvalue weighted by Crippen LogP contribution is 2.15. The van der Waals surface area contributed by atoms with Gasteiger partial charge in [0.05, 0.1) is 24.1 Å². The molecule has 8 nitrogen and oxygen atoms in total. The van der Waals surface area contributed by atoms with Gasteiger partial charge in [0.2, 0.25) is 0 Å². The van der Waals surface area contributed by atoms with Gasteiger partial charge >= 0.3 is 0 Å². The molecular formula is C22H23N5O3S. The van der Waals surface area contributed by atoms with Gasteiger partial charge in [0.1, 0.15) is 5.82 Å². The summed E-state index contributed by atoms with van der Waals surface area (Å²) in [6, 6.07) is 8.78. The Hall–Kier alpha value is -3.30. The van der Waals surface area contributed by atoms with Crippen LogP contribution in [0.4, 0.5) is 5.82 Å². The van der Waals surface area contributed by atoms with Crippen LogP contribution in [0.1, 0.15) is 15.9 Å². The van der Waals surface area contributed by atoms with Crippen molar-refractivity contribution in [3.05, 3.63) is 75.4 Å². The van der Waals surface area contributed by atoms with Crippen molar-refractivity contribution >= 4 is 34.8 Å². The van der Waals surface area contributed by atoms with Gasteiger partial charge in [-0.2, -0.15) is 0 Å². The number of hydrogen-bond acceptors (Lipinski definition) is 6. The Bertz CT molecular complexity index is 1240. The van der Waals surface area contributed by atoms with Crippen LogP contribution in [-0.4, -0.2) is 46.7 Å². The second kappa shape index (κ2) is 9.23. The van der Waals surface area contributed by atoms with Gasteiger partial charge in [-0.15, -0.1) is 6.58 Å². The molecule has 1 aliphatic heterocycles. The van der Waals surface area contributed by atoms with Gasteiger partial charge in [0.25, 0.3) is 11.5 Å². The Balaban J connectivity index is 1.50. The summed E-state index contributed by atoms with van der Waals surface area (Å²) in [5.41, 5.74) is 1.72. The number of fused-ring (bicyclic) bond motifs is 1. The summed E-state index contributed by atoms with van der Waals surface area (Å²) in [5, 5.41) is 3.39. The molecule has 1 saturated heterocycles. The fourth-order valence-corrected chi connectivity index (χ4v) is 3.78. The van der Waals surface area contributed by atoms with Crippen molar-refractivity contribution < 1.29 is 9.53 Å². The molecule has 9 heteroatoms. The van der Waals surface area contributed by atoms with Crippen molar-refractivity contribution in [3.63, 3.8) is 0 Å². The van der Waals surface area contributed by atoms with Crippen molar-refractivity contribution in [1.29, 1.82) is 0 Å². The lowest BCUT2D eigenvalue weighted by Gasteiger charge is -2.28. The van der Waals surface area contributed by atoms with Crippen LogP contribution in [-0.2, 0) is 17.8 Å². The maximum absolute atomic E-state index is 12.7. The minimum absolute atomic E-state index is 0.210. The molecule has 31 heavy (non-hydrogen) atoms. The number of allylic oxidation sites excluding steroid dienone is 1. The number of aromatic nitrogens is 3. The zero-order chi connectivity index (χ0) is 21.8. The van der Waals surface area contributed by atoms with Gasteiger partial charge in [0.15, 0.2) is 4.77 Å². The van der Waals surface area contributed by atoms with E-state index in [4.69, 9.17) is 17.0 Å². The van der Waals surface area contributed by atoms with Gasteiger partial charge in [-0.25, -0.2) is 4.98 Å². The SMILES string of the molecule is C=CCn1c(=S)[nH]c2cc(C(=O)NCc3ccnc(N4CCOCC4)c3)ccc2c1=O. The van der Waals surface area contributed by atoms with E-state index in [-0.39, 0.29) is 11.5 Å². The van der Waals surface area contributed by atoms with Crippen molar-refractivity contribution in [2.45, 2.75) is 13.1 Å². The van der Waals surface area contributed by atoms with E-state index in [1.807, 2.05) is 12.1 Å². The van der Waals surface area contributed by atoms with Crippen molar-refractivity contribution in [3.8, 4) is 0 Å². The number of benzene rings is 1. The van der Waals surface area contributed by atoms with Crippen LogP contribution >= 0.6 is 12.2 Å². The van der Waals surface area contributed by atoms with E-state index >= 15 is 0 Å². The molecule has 160 valence electrons. The van der Waals surface area contributed by atoms with Gasteiger partial charge in [-0.05, 0) is 48.1 Å². The zero-order valence-corrected chi connectivity index (χ0v) is 17.8. The molecule has 4 rings (SSSR count). The summed E-state index contributed by atoms with van der Waals surface area (Å²) >= 11 is 5.26. The van der Waals surface area contributed by atoms with E-state index in [0.717, 1.165) is 24.5 Å². The van der Waals surface area contributed by atoms with Crippen LogP contribution in [0.15, 0.2) is 54.0 Å². The van der Waals surface area contributed by atoms with Crippen LogP contribution in [0.25, 0.3) is 10.9 Å². The number of rotatable bonds is 6. The fourth-order valence-electron chi connectivity index (χ4n) is 3.51. The average Bonchev–Trinajstić information content (AvgIpc) is 2.80. The number of morpholine rings is 1. The molecule has 1 aliphatic rings. The highest BCUT2D eigenvalue weighted by Gasteiger charge is 2.13. The molecule has 1 aromatic carbocycles. The Labute approximate surface area is 184 Å². The highest BCUT2D eigenvalue weighted by molar-refractivity contribution is 7.71. The number of H-pyrrole nitrogens is 1. The predicted molar refractivity (Wildman–Crippen MR) is 122 cm³/mol. The molecule has 0 unspecified atom stereocenters. The van der Waals surface area contributed by atoms with Crippen molar-refractivity contribution in [1.82, 2.24) is 19.9 Å². The van der Waals surface area contributed by atoms with E-state index in [1.165, 1.54) is 4.57 Å². The lowest BCUT2D eigenvalue weighted by Crippen LogP contribution is -2.36. The molecule has 0 saturated carbocycles. The Morgan fingerprint density at radius 1 is 1.29 bits per heavy atom. The van der Waals surface area contributed by atoms with Crippen LogP contribution in [0.5, 0.6) is 0 Å². The normalized spacial score (nSPS) is 13.9. The van der Waals surface area contributed by atoms with Gasteiger partial charge < -0.3 is 19.9 Å². The molecule has 0 aliphatic carbocycles. The largest absolute Gasteiger partial charge is 0.378 e. The summed E-state index contributed by atoms with van der Waals surface area (Å²) in [7, 11) is 0. The van der Waals surface area contributed by atoms with Crippen LogP contribution < -0.4 is 15.8 Å². The number of carbonyl (C=O) groups is 1. The molecule has 0 radical (unpaired) electrons. The Morgan fingerprint density at radius 2 is 2.10 bits per heavy atom. The standard InChI is InChI=1S/C22H23N5O3S/c1-2-7-27-21(29)17-4-3-16(13-18(17)25-22(27)31)20(28)24-14-15-5-6-23-19(12-15)26-8-10-30-11-9-26/h2-6,12-13H,1,7-11,14H2,(H,24,28)(H,25,31). The topological polar surface area (TPSA) is 92.2 Å². The zero-order valence-electron chi connectivity index (χ0n) is 17.0. The van der Waals surface area contributed by atoms with Gasteiger partial charge in [-0.1, -0.05) is 6.08 Å². The highest BCUT2D eigenvalue weighted by atomic mass is 32.1. The number of carbonyl (C=O) groups excluding carboxylic acids is 1. The monoisotopic (exact) mass is 437 g/mol. The second-order valence-electron chi connectivity index (χ2n) is 7.20. The van der Waals surface area contributed by atoms with E-state index in [1.54, 1.807) is 30.5 Å². The number of anilines is 1. The van der Waals surface area contributed by atoms with Crippen LogP contribution in [0.2, 0.25) is 0 Å². The van der Waals surface area contributed by atoms with Gasteiger partial charge in [0, 0.05) is 37.9 Å². The molecule has 2 aromatic heterocycles. The summed E-state index contributed by atoms with van der Waals surface area (Å²) in [5.74, 6) is 0.644. The maximum atomic E-state index is 12.7. The third kappa shape index (κ3) is 4.57. The Kier molecular flexibility index (Phi) is 6.24. The smallest absolute Gasteiger partial charge is 0.262 e. The predicted octanol–water partition coefficient (Wildman–Crippen LogP) is 2.41. The number of nitrogens with zero attached hydrogens (tertiary/aromatic N) is 3. The van der Waals surface area contributed by atoms with Crippen molar-refractivity contribution in [2.24, 2.45) is 0 Å². The number of aromatic amines is 1. The molecule has 2 N–H and O–H groups in total. The third-order valence-corrected chi connectivity index (χ3v) is 5.48. The first-order valence-corrected chi connectivity index (χ1v) is 10.4. The van der Waals surface area contributed by atoms with Gasteiger partial charge in [-0.3, -0.25) is 14.2 Å². The summed E-state index contributed by atoms with van der Waals surface area (Å²) in [6.07, 6.45) is 3.36. The lowest BCUT2D eigenvalue weighted by atomic mass is 10.1. The van der Waals surface area contributed by atoms with Crippen LogP contribution in [0.3, 0.4) is 0 Å². The molecule has 3 aromatic rings. The van der Waals surface area contributed by atoms with E-state index in [0.29, 0.717) is 47.5 Å². The van der Waals surface area contributed by atoms with Crippen LogP contribution in [0, 0.1) is 4.77 Å². The van der Waals surface area contributed by atoms with E-state index in [9.17, 15) is 9.59 Å². The molecule has 0 bridgehead atoms. The Morgan fingerprint density at radius 3 is 2.87 bits per heavy atom. The third-order valence-electron chi connectivity index (χ3n) is 5.15. The first-order valence-electron chi connectivity index (χ1n) is 10.0. The number of hydrogen-bond donors (Lipinski definition) is 2. The molecule has 1 amide bonds. The number of amides is 1. The molecule has 0 atom stereocenters. The minimum atomic E-state index is -0.235. The minimum Gasteiger partial charge on any atom is -0.378 e. The summed E-state index contributed by atoms with van der Waals surface area (Å²) in [4.78, 5) is 34.9. The summed E-state index contributed by atoms with van der Waals surface area (Å²) in [6.45, 7) is 7.32. The molecule has 0 spiro atoms. The number of nitrogens with one attached hydrogen (secondary N) is 2. The second-order valence-corrected chi connectivity index (χ2v) is 7.59. The van der Waals surface area contributed by atoms with E-state index in [2.05, 4.69) is 26.8 Å². The maximum Gasteiger partial charge on any atom is 0.262 e. The first kappa shape index (κ1) is 21.0. The number of pyridine rings is 1. The van der Waals surface area contributed by atoms with Crippen molar-refractivity contribution in [2.75, 3.05) is 31.2 Å². The molecular weight excluding hydrogens is 414 g/mol. The lowest BCUT2D eigenvalue weighted by molar-refractivity contribution is 0.0951.